The summed E-state index contributed by atoms with van der Waals surface area (Å²) in [5.41, 5.74) is 5.07. The first-order valence-corrected chi connectivity index (χ1v) is 21.7. The van der Waals surface area contributed by atoms with E-state index >= 15 is 0 Å². The van der Waals surface area contributed by atoms with Crippen LogP contribution in [0.2, 0.25) is 0 Å². The van der Waals surface area contributed by atoms with Crippen LogP contribution in [0.25, 0.3) is 32.7 Å². The lowest BCUT2D eigenvalue weighted by molar-refractivity contribution is 0.415. The van der Waals surface area contributed by atoms with E-state index in [0.29, 0.717) is 17.2 Å². The lowest BCUT2D eigenvalue weighted by atomic mass is 10.0. The molecule has 0 atom stereocenters. The number of fused-ring (bicyclic) bond motifs is 2. The van der Waals surface area contributed by atoms with E-state index in [2.05, 4.69) is 20.5 Å². The fourth-order valence-electron chi connectivity index (χ4n) is 5.96. The van der Waals surface area contributed by atoms with E-state index in [-0.39, 0.29) is 39.3 Å². The predicted molar refractivity (Wildman–Crippen MR) is 208 cm³/mol. The number of phenols is 2. The minimum Gasteiger partial charge on any atom is -0.506 e. The molecule has 308 valence electrons. The van der Waals surface area contributed by atoms with Crippen molar-refractivity contribution < 1.29 is 71.6 Å². The largest absolute Gasteiger partial charge is 0.506 e. The summed E-state index contributed by atoms with van der Waals surface area (Å²) >= 11 is 0. The molecule has 0 saturated carbocycles. The number of hydrogen-bond acceptors (Lipinski definition) is 17. The van der Waals surface area contributed by atoms with Gasteiger partial charge in [0, 0.05) is 16.2 Å². The number of nitrogen functional groups attached to an aromatic ring is 1. The Balaban J connectivity index is 1.38. The zero-order valence-electron chi connectivity index (χ0n) is 29.8. The van der Waals surface area contributed by atoms with Gasteiger partial charge in [-0.25, -0.2) is 0 Å². The fraction of sp³-hybridized carbons (Fsp3) is 0.0588. The van der Waals surface area contributed by atoms with Crippen LogP contribution in [0.15, 0.2) is 119 Å². The molecule has 0 amide bonds. The molecule has 8 N–H and O–H groups in total. The maximum absolute atomic E-state index is 12.3. The SMILES string of the molecule is COc1cc(-c2ccc(N=Nc3ccc(S(=O)(=O)O)c4cc(S(=O)(=O)O)c(N)c(O)c34)c(OC)c2)ccc1N=Nc1cc2c(S(=O)(=O)O)cccc2c(O)c1S(=O)(=O)O. The minimum absolute atomic E-state index is 0.00239. The van der Waals surface area contributed by atoms with Gasteiger partial charge in [-0.15, -0.1) is 20.5 Å². The molecule has 0 spiro atoms. The second kappa shape index (κ2) is 15.1. The van der Waals surface area contributed by atoms with Crippen molar-refractivity contribution in [2.45, 2.75) is 19.6 Å². The summed E-state index contributed by atoms with van der Waals surface area (Å²) in [6.07, 6.45) is 0. The zero-order valence-corrected chi connectivity index (χ0v) is 33.0. The van der Waals surface area contributed by atoms with Crippen LogP contribution in [0.4, 0.5) is 28.4 Å². The standard InChI is InChI=1S/C34H27N5O16S4/c1-54-25-12-16(6-8-21(25)36-38-23-10-11-28(57(45,46)47)20-15-29(58(48,49)50)31(35)33(41)30(20)23)17-7-9-22(26(13-17)55-2)37-39-24-14-19-18(32(40)34(24)59(51,52)53)4-3-5-27(19)56(42,43)44/h3-15,40-41H,35H2,1-2H3,(H,42,43,44)(H,45,46,47)(H,48,49,50)(H,51,52,53). The topological polar surface area (TPSA) is 352 Å². The van der Waals surface area contributed by atoms with Crippen LogP contribution < -0.4 is 15.2 Å². The normalized spacial score (nSPS) is 12.8. The third kappa shape index (κ3) is 8.21. The molecule has 0 fully saturated rings. The third-order valence-corrected chi connectivity index (χ3v) is 12.2. The Kier molecular flexibility index (Phi) is 10.8. The van der Waals surface area contributed by atoms with Crippen molar-refractivity contribution in [3.05, 3.63) is 78.9 Å². The maximum Gasteiger partial charge on any atom is 0.300 e. The summed E-state index contributed by atoms with van der Waals surface area (Å²) in [7, 11) is -17.5. The van der Waals surface area contributed by atoms with Crippen LogP contribution in [0, 0.1) is 0 Å². The van der Waals surface area contributed by atoms with Crippen LogP contribution in [0.5, 0.6) is 23.0 Å². The van der Waals surface area contributed by atoms with Gasteiger partial charge < -0.3 is 25.4 Å². The molecule has 0 aliphatic carbocycles. The van der Waals surface area contributed by atoms with Crippen molar-refractivity contribution in [2.75, 3.05) is 20.0 Å². The Labute approximate surface area is 333 Å². The van der Waals surface area contributed by atoms with Gasteiger partial charge in [-0.3, -0.25) is 18.2 Å². The van der Waals surface area contributed by atoms with E-state index in [9.17, 15) is 62.1 Å². The number of aromatic hydroxyl groups is 2. The molecule has 0 bridgehead atoms. The molecule has 21 nitrogen and oxygen atoms in total. The number of phenolic OH excluding ortho intramolecular Hbond substituents is 2. The van der Waals surface area contributed by atoms with Crippen molar-refractivity contribution in [1.82, 2.24) is 0 Å². The number of benzene rings is 6. The van der Waals surface area contributed by atoms with Crippen molar-refractivity contribution >= 4 is 90.5 Å². The molecule has 0 radical (unpaired) electrons. The molecule has 0 aliphatic rings. The van der Waals surface area contributed by atoms with Crippen LogP contribution in [0.1, 0.15) is 0 Å². The van der Waals surface area contributed by atoms with E-state index in [1.807, 2.05) is 0 Å². The number of azo groups is 2. The number of nitrogens with zero attached hydrogens (tertiary/aromatic N) is 4. The lowest BCUT2D eigenvalue weighted by Crippen LogP contribution is -2.06. The number of methoxy groups -OCH3 is 2. The number of hydrogen-bond donors (Lipinski definition) is 7. The van der Waals surface area contributed by atoms with Gasteiger partial charge in [0.25, 0.3) is 40.5 Å². The first kappa shape index (κ1) is 42.3. The van der Waals surface area contributed by atoms with Gasteiger partial charge in [0.2, 0.25) is 0 Å². The Morgan fingerprint density at radius 3 is 1.46 bits per heavy atom. The summed E-state index contributed by atoms with van der Waals surface area (Å²) in [5, 5.41) is 36.0. The maximum atomic E-state index is 12.3. The van der Waals surface area contributed by atoms with Crippen molar-refractivity contribution in [3.8, 4) is 34.1 Å². The molecule has 0 saturated heterocycles. The second-order valence-electron chi connectivity index (χ2n) is 12.1. The van der Waals surface area contributed by atoms with Crippen LogP contribution >= 0.6 is 0 Å². The molecule has 0 heterocycles. The Morgan fingerprint density at radius 1 is 0.492 bits per heavy atom. The van der Waals surface area contributed by atoms with Gasteiger partial charge in [-0.2, -0.15) is 33.7 Å². The molecule has 59 heavy (non-hydrogen) atoms. The summed E-state index contributed by atoms with van der Waals surface area (Å²) in [5.74, 6) is -1.83. The molecule has 0 aromatic heterocycles. The van der Waals surface area contributed by atoms with E-state index in [4.69, 9.17) is 15.2 Å². The average Bonchev–Trinajstić information content (AvgIpc) is 3.15. The summed E-state index contributed by atoms with van der Waals surface area (Å²) in [6, 6.07) is 15.8. The van der Waals surface area contributed by atoms with Gasteiger partial charge in [0.05, 0.1) is 31.0 Å². The monoisotopic (exact) mass is 889 g/mol. The third-order valence-electron chi connectivity index (χ3n) is 8.58. The number of ether oxygens (including phenoxy) is 2. The number of anilines is 1. The molecule has 25 heteroatoms. The second-order valence-corrected chi connectivity index (χ2v) is 17.7. The molecular formula is C34H27N5O16S4. The van der Waals surface area contributed by atoms with Crippen LogP contribution in [-0.2, 0) is 40.5 Å². The van der Waals surface area contributed by atoms with Gasteiger partial charge >= 0.3 is 0 Å². The fourth-order valence-corrected chi connectivity index (χ4v) is 8.69. The summed E-state index contributed by atoms with van der Waals surface area (Å²) in [4.78, 5) is -3.63. The highest BCUT2D eigenvalue weighted by molar-refractivity contribution is 7.87. The first-order valence-electron chi connectivity index (χ1n) is 15.9. The first-order chi connectivity index (χ1) is 27.4. The van der Waals surface area contributed by atoms with Crippen molar-refractivity contribution in [2.24, 2.45) is 20.5 Å². The highest BCUT2D eigenvalue weighted by atomic mass is 32.2. The number of nitrogens with two attached hydrogens (primary N) is 1. The predicted octanol–water partition coefficient (Wildman–Crippen LogP) is 6.49. The van der Waals surface area contributed by atoms with Gasteiger partial charge in [-0.05, 0) is 65.7 Å². The van der Waals surface area contributed by atoms with E-state index in [1.165, 1.54) is 38.5 Å². The van der Waals surface area contributed by atoms with Crippen molar-refractivity contribution in [3.63, 3.8) is 0 Å². The lowest BCUT2D eigenvalue weighted by Gasteiger charge is -2.13. The van der Waals surface area contributed by atoms with Gasteiger partial charge in [0.15, 0.2) is 4.90 Å². The smallest absolute Gasteiger partial charge is 0.300 e. The molecule has 6 aromatic rings. The Bertz CT molecular complexity index is 3280. The van der Waals surface area contributed by atoms with Gasteiger partial charge in [-0.1, -0.05) is 24.3 Å². The number of rotatable bonds is 11. The summed E-state index contributed by atoms with van der Waals surface area (Å²) in [6.45, 7) is 0. The van der Waals surface area contributed by atoms with Gasteiger partial charge in [0.1, 0.15) is 54.7 Å². The molecule has 6 aromatic carbocycles. The Morgan fingerprint density at radius 2 is 0.966 bits per heavy atom. The minimum atomic E-state index is -5.17. The average molecular weight is 890 g/mol. The van der Waals surface area contributed by atoms with Crippen LogP contribution in [0.3, 0.4) is 0 Å². The highest BCUT2D eigenvalue weighted by Gasteiger charge is 2.28. The van der Waals surface area contributed by atoms with E-state index in [0.717, 1.165) is 36.4 Å². The van der Waals surface area contributed by atoms with Crippen molar-refractivity contribution in [1.29, 1.82) is 0 Å². The molecule has 6 rings (SSSR count). The Hall–Kier alpha value is -6.32. The highest BCUT2D eigenvalue weighted by Crippen LogP contribution is 2.46. The molecular weight excluding hydrogens is 863 g/mol. The van der Waals surface area contributed by atoms with E-state index < -0.39 is 93.7 Å². The molecule has 0 aliphatic heterocycles. The molecule has 0 unspecified atom stereocenters. The van der Waals surface area contributed by atoms with E-state index in [1.54, 1.807) is 12.1 Å². The zero-order chi connectivity index (χ0) is 43.4. The van der Waals surface area contributed by atoms with Crippen LogP contribution in [-0.4, -0.2) is 76.3 Å². The quantitative estimate of drug-likeness (QED) is 0.0316. The summed E-state index contributed by atoms with van der Waals surface area (Å²) < 4.78 is 146.